The van der Waals surface area contributed by atoms with Crippen molar-refractivity contribution in [3.8, 4) is 0 Å². The Bertz CT molecular complexity index is 688. The van der Waals surface area contributed by atoms with E-state index in [0.717, 1.165) is 6.54 Å². The first-order valence-corrected chi connectivity index (χ1v) is 9.80. The van der Waals surface area contributed by atoms with Gasteiger partial charge < -0.3 is 0 Å². The second kappa shape index (κ2) is 8.24. The molecule has 0 radical (unpaired) electrons. The lowest BCUT2D eigenvalue weighted by Gasteiger charge is -2.33. The Labute approximate surface area is 146 Å². The zero-order chi connectivity index (χ0) is 16.8. The molecular weight excluding hydrogens is 309 g/mol. The average molecular weight is 333 g/mol. The molecule has 0 aromatic heterocycles. The summed E-state index contributed by atoms with van der Waals surface area (Å²) in [6, 6.07) is 32.6. The van der Waals surface area contributed by atoms with E-state index in [1.807, 2.05) is 0 Å². The van der Waals surface area contributed by atoms with Crippen molar-refractivity contribution in [1.82, 2.24) is 4.90 Å². The summed E-state index contributed by atoms with van der Waals surface area (Å²) in [5, 5.41) is 2.87. The van der Waals surface area contributed by atoms with Gasteiger partial charge in [-0.05, 0) is 38.1 Å². The highest BCUT2D eigenvalue weighted by molar-refractivity contribution is 7.73. The fourth-order valence-corrected chi connectivity index (χ4v) is 5.58. The molecule has 0 N–H and O–H groups in total. The highest BCUT2D eigenvalue weighted by atomic mass is 31.1. The number of nitrogens with zero attached hydrogens (tertiary/aromatic N) is 1. The maximum absolute atomic E-state index is 2.47. The van der Waals surface area contributed by atoms with Crippen LogP contribution in [0.15, 0.2) is 91.0 Å². The summed E-state index contributed by atoms with van der Waals surface area (Å²) in [6.45, 7) is 3.33. The summed E-state index contributed by atoms with van der Waals surface area (Å²) < 4.78 is 0. The van der Waals surface area contributed by atoms with Crippen molar-refractivity contribution in [2.75, 3.05) is 7.05 Å². The lowest BCUT2D eigenvalue weighted by atomic mass is 10.2. The third kappa shape index (κ3) is 4.12. The molecule has 0 aliphatic heterocycles. The number of hydrogen-bond acceptors (Lipinski definition) is 1. The van der Waals surface area contributed by atoms with Crippen LogP contribution in [0.5, 0.6) is 0 Å². The van der Waals surface area contributed by atoms with E-state index in [2.05, 4.69) is 110 Å². The van der Waals surface area contributed by atoms with Gasteiger partial charge in [0.1, 0.15) is 0 Å². The van der Waals surface area contributed by atoms with E-state index >= 15 is 0 Å². The van der Waals surface area contributed by atoms with Gasteiger partial charge in [0.2, 0.25) is 0 Å². The standard InChI is InChI=1S/C22H24NP/c1-19(23(2)18-20-12-6-3-7-13-20)24(21-14-8-4-9-15-21)22-16-10-5-11-17-22/h3-17,19H,18H2,1-2H3. The third-order valence-corrected chi connectivity index (χ3v) is 7.21. The van der Waals surface area contributed by atoms with Crippen LogP contribution in [0, 0.1) is 0 Å². The summed E-state index contributed by atoms with van der Waals surface area (Å²) in [5.41, 5.74) is 1.36. The van der Waals surface area contributed by atoms with Crippen LogP contribution >= 0.6 is 7.92 Å². The molecule has 0 saturated carbocycles. The molecule has 0 aliphatic carbocycles. The Morgan fingerprint density at radius 3 is 1.58 bits per heavy atom. The van der Waals surface area contributed by atoms with Gasteiger partial charge in [-0.3, -0.25) is 4.90 Å². The number of hydrogen-bond donors (Lipinski definition) is 0. The van der Waals surface area contributed by atoms with Crippen LogP contribution in [-0.2, 0) is 6.54 Å². The third-order valence-electron chi connectivity index (χ3n) is 4.36. The Morgan fingerprint density at radius 1 is 0.708 bits per heavy atom. The highest BCUT2D eigenvalue weighted by Crippen LogP contribution is 2.40. The van der Waals surface area contributed by atoms with Crippen LogP contribution in [-0.4, -0.2) is 17.7 Å². The molecule has 2 heteroatoms. The zero-order valence-electron chi connectivity index (χ0n) is 14.3. The molecule has 3 aromatic carbocycles. The van der Waals surface area contributed by atoms with E-state index < -0.39 is 7.92 Å². The minimum Gasteiger partial charge on any atom is -0.295 e. The van der Waals surface area contributed by atoms with E-state index in [1.54, 1.807) is 0 Å². The van der Waals surface area contributed by atoms with Gasteiger partial charge in [-0.2, -0.15) is 0 Å². The molecule has 0 bridgehead atoms. The van der Waals surface area contributed by atoms with E-state index in [4.69, 9.17) is 0 Å². The van der Waals surface area contributed by atoms with Gasteiger partial charge in [0.15, 0.2) is 0 Å². The normalized spacial score (nSPS) is 12.5. The van der Waals surface area contributed by atoms with Gasteiger partial charge in [0.05, 0.1) is 0 Å². The number of benzene rings is 3. The van der Waals surface area contributed by atoms with Gasteiger partial charge in [-0.1, -0.05) is 91.0 Å². The Balaban J connectivity index is 1.87. The second-order valence-corrected chi connectivity index (χ2v) is 8.59. The SMILES string of the molecule is CC(N(C)Cc1ccccc1)P(c1ccccc1)c1ccccc1. The van der Waals surface area contributed by atoms with Crippen LogP contribution in [0.1, 0.15) is 12.5 Å². The minimum absolute atomic E-state index is 0.422. The van der Waals surface area contributed by atoms with E-state index in [0.29, 0.717) is 5.78 Å². The largest absolute Gasteiger partial charge is 0.295 e. The second-order valence-electron chi connectivity index (χ2n) is 6.07. The molecule has 1 nitrogen and oxygen atoms in total. The molecule has 1 atom stereocenters. The quantitative estimate of drug-likeness (QED) is 0.596. The average Bonchev–Trinajstić information content (AvgIpc) is 2.64. The van der Waals surface area contributed by atoms with Crippen molar-refractivity contribution in [3.63, 3.8) is 0 Å². The summed E-state index contributed by atoms with van der Waals surface area (Å²) in [6.07, 6.45) is 0. The van der Waals surface area contributed by atoms with E-state index in [1.165, 1.54) is 16.2 Å². The molecule has 0 spiro atoms. The van der Waals surface area contributed by atoms with E-state index in [9.17, 15) is 0 Å². The molecule has 3 rings (SSSR count). The Morgan fingerprint density at radius 2 is 1.12 bits per heavy atom. The van der Waals surface area contributed by atoms with Crippen molar-refractivity contribution in [2.45, 2.75) is 19.3 Å². The smallest absolute Gasteiger partial charge is 0.0350 e. The van der Waals surface area contributed by atoms with Gasteiger partial charge in [0.25, 0.3) is 0 Å². The lowest BCUT2D eigenvalue weighted by Crippen LogP contribution is -2.33. The minimum atomic E-state index is -0.422. The Hall–Kier alpha value is -1.95. The topological polar surface area (TPSA) is 3.24 Å². The first-order valence-electron chi connectivity index (χ1n) is 8.39. The molecule has 0 saturated heterocycles. The molecule has 0 heterocycles. The van der Waals surface area contributed by atoms with E-state index in [-0.39, 0.29) is 0 Å². The van der Waals surface area contributed by atoms with Crippen molar-refractivity contribution < 1.29 is 0 Å². The van der Waals surface area contributed by atoms with Crippen LogP contribution in [0.25, 0.3) is 0 Å². The van der Waals surface area contributed by atoms with Crippen molar-refractivity contribution >= 4 is 18.5 Å². The molecule has 122 valence electrons. The van der Waals surface area contributed by atoms with Crippen molar-refractivity contribution in [1.29, 1.82) is 0 Å². The van der Waals surface area contributed by atoms with Crippen LogP contribution in [0.2, 0.25) is 0 Å². The van der Waals surface area contributed by atoms with Gasteiger partial charge in [-0.15, -0.1) is 0 Å². The zero-order valence-corrected chi connectivity index (χ0v) is 15.2. The molecule has 1 unspecified atom stereocenters. The first-order chi connectivity index (χ1) is 11.8. The van der Waals surface area contributed by atoms with Crippen LogP contribution in [0.4, 0.5) is 0 Å². The summed E-state index contributed by atoms with van der Waals surface area (Å²) >= 11 is 0. The predicted octanol–water partition coefficient (Wildman–Crippen LogP) is 4.60. The molecule has 3 aromatic rings. The first kappa shape index (κ1) is 16.9. The van der Waals surface area contributed by atoms with Crippen molar-refractivity contribution in [3.05, 3.63) is 96.6 Å². The van der Waals surface area contributed by atoms with Gasteiger partial charge in [0, 0.05) is 12.3 Å². The summed E-state index contributed by atoms with van der Waals surface area (Å²) in [4.78, 5) is 2.47. The highest BCUT2D eigenvalue weighted by Gasteiger charge is 2.24. The van der Waals surface area contributed by atoms with Crippen LogP contribution < -0.4 is 10.6 Å². The lowest BCUT2D eigenvalue weighted by molar-refractivity contribution is 0.317. The molecular formula is C22H24NP. The fraction of sp³-hybridized carbons (Fsp3) is 0.182. The summed E-state index contributed by atoms with van der Waals surface area (Å²) in [7, 11) is 1.81. The van der Waals surface area contributed by atoms with Crippen LogP contribution in [0.3, 0.4) is 0 Å². The maximum atomic E-state index is 2.47. The predicted molar refractivity (Wildman–Crippen MR) is 106 cm³/mol. The molecule has 0 aliphatic rings. The maximum Gasteiger partial charge on any atom is 0.0350 e. The molecule has 0 fully saturated rings. The molecule has 24 heavy (non-hydrogen) atoms. The number of rotatable bonds is 6. The van der Waals surface area contributed by atoms with Gasteiger partial charge >= 0.3 is 0 Å². The summed E-state index contributed by atoms with van der Waals surface area (Å²) in [5.74, 6) is 0.463. The monoisotopic (exact) mass is 333 g/mol. The molecule has 0 amide bonds. The Kier molecular flexibility index (Phi) is 5.80. The van der Waals surface area contributed by atoms with Gasteiger partial charge in [-0.25, -0.2) is 0 Å². The van der Waals surface area contributed by atoms with Crippen molar-refractivity contribution in [2.24, 2.45) is 0 Å². The fourth-order valence-electron chi connectivity index (χ4n) is 2.96.